The number of nitrogens with zero attached hydrogens (tertiary/aromatic N) is 1. The summed E-state index contributed by atoms with van der Waals surface area (Å²) in [5, 5.41) is 10.7. The molecule has 0 aromatic heterocycles. The molecule has 0 radical (unpaired) electrons. The van der Waals surface area contributed by atoms with Crippen LogP contribution >= 0.6 is 0 Å². The molecule has 1 heterocycles. The van der Waals surface area contributed by atoms with E-state index in [1.807, 2.05) is 0 Å². The van der Waals surface area contributed by atoms with Crippen LogP contribution in [0.3, 0.4) is 0 Å². The minimum atomic E-state index is -5.43. The monoisotopic (exact) mass is 495 g/mol. The number of rotatable bonds is 5. The highest BCUT2D eigenvalue weighted by molar-refractivity contribution is 7.92. The van der Waals surface area contributed by atoms with Gasteiger partial charge in [0.2, 0.25) is 15.7 Å². The summed E-state index contributed by atoms with van der Waals surface area (Å²) in [6, 6.07) is 8.92. The zero-order chi connectivity index (χ0) is 24.6. The van der Waals surface area contributed by atoms with Gasteiger partial charge in [-0.2, -0.15) is 26.3 Å². The standard InChI is InChI=1S/C21H19F6NO4S/c22-20(23,24)15-6-4-13(5-7-15)19(30)17-3-1-2-14-12-28(10-8-16(14)17)18(29)9-11-33(31,32)21(25,26)27/h1-7,19,30H,8-12H2. The van der Waals surface area contributed by atoms with Crippen LogP contribution in [0.15, 0.2) is 42.5 Å². The van der Waals surface area contributed by atoms with Gasteiger partial charge in [-0.05, 0) is 40.8 Å². The second-order valence-corrected chi connectivity index (χ2v) is 9.69. The molecule has 3 rings (SSSR count). The first-order valence-electron chi connectivity index (χ1n) is 9.73. The first kappa shape index (κ1) is 25.0. The van der Waals surface area contributed by atoms with Crippen LogP contribution in [-0.4, -0.2) is 42.1 Å². The number of hydrogen-bond acceptors (Lipinski definition) is 4. The Balaban J connectivity index is 1.74. The molecule has 0 spiro atoms. The lowest BCUT2D eigenvalue weighted by molar-refractivity contribution is -0.137. The number of hydrogen-bond donors (Lipinski definition) is 1. The molecular formula is C21H19F6NO4S. The lowest BCUT2D eigenvalue weighted by Crippen LogP contribution is -2.38. The van der Waals surface area contributed by atoms with Crippen LogP contribution in [-0.2, 0) is 33.8 Å². The predicted octanol–water partition coefficient (Wildman–Crippen LogP) is 4.00. The molecule has 1 N–H and O–H groups in total. The van der Waals surface area contributed by atoms with Crippen LogP contribution in [0, 0.1) is 0 Å². The molecule has 1 aliphatic heterocycles. The number of fused-ring (bicyclic) bond motifs is 1. The van der Waals surface area contributed by atoms with E-state index < -0.39 is 51.3 Å². The van der Waals surface area contributed by atoms with Crippen molar-refractivity contribution in [1.29, 1.82) is 0 Å². The Morgan fingerprint density at radius 1 is 1.03 bits per heavy atom. The van der Waals surface area contributed by atoms with Crippen molar-refractivity contribution in [2.45, 2.75) is 37.2 Å². The van der Waals surface area contributed by atoms with Gasteiger partial charge in [-0.3, -0.25) is 4.79 Å². The Morgan fingerprint density at radius 3 is 2.24 bits per heavy atom. The maximum Gasteiger partial charge on any atom is 0.497 e. The molecule has 1 aliphatic rings. The molecule has 33 heavy (non-hydrogen) atoms. The van der Waals surface area contributed by atoms with Crippen molar-refractivity contribution >= 4 is 15.7 Å². The first-order valence-corrected chi connectivity index (χ1v) is 11.4. The Labute approximate surface area is 185 Å². The average molecular weight is 495 g/mol. The normalized spacial score (nSPS) is 15.8. The molecule has 1 amide bonds. The summed E-state index contributed by atoms with van der Waals surface area (Å²) in [5.74, 6) is -2.09. The molecule has 12 heteroatoms. The molecule has 2 aromatic rings. The van der Waals surface area contributed by atoms with Crippen LogP contribution in [0.5, 0.6) is 0 Å². The van der Waals surface area contributed by atoms with E-state index in [1.54, 1.807) is 18.2 Å². The number of halogens is 6. The van der Waals surface area contributed by atoms with E-state index in [4.69, 9.17) is 0 Å². The third-order valence-corrected chi connectivity index (χ3v) is 6.89. The van der Waals surface area contributed by atoms with Crippen molar-refractivity contribution < 1.29 is 44.7 Å². The summed E-state index contributed by atoms with van der Waals surface area (Å²) in [4.78, 5) is 13.5. The average Bonchev–Trinajstić information content (AvgIpc) is 2.75. The van der Waals surface area contributed by atoms with E-state index in [9.17, 15) is 44.7 Å². The smallest absolute Gasteiger partial charge is 0.384 e. The zero-order valence-corrected chi connectivity index (χ0v) is 17.8. The summed E-state index contributed by atoms with van der Waals surface area (Å²) >= 11 is 0. The number of aliphatic hydroxyl groups excluding tert-OH is 1. The van der Waals surface area contributed by atoms with E-state index in [0.29, 0.717) is 16.7 Å². The van der Waals surface area contributed by atoms with Gasteiger partial charge in [-0.1, -0.05) is 30.3 Å². The van der Waals surface area contributed by atoms with Crippen molar-refractivity contribution in [2.24, 2.45) is 0 Å². The summed E-state index contributed by atoms with van der Waals surface area (Å²) in [7, 11) is -5.40. The van der Waals surface area contributed by atoms with Crippen LogP contribution in [0.25, 0.3) is 0 Å². The van der Waals surface area contributed by atoms with Gasteiger partial charge in [-0.15, -0.1) is 0 Å². The van der Waals surface area contributed by atoms with Crippen LogP contribution in [0.2, 0.25) is 0 Å². The van der Waals surface area contributed by atoms with Gasteiger partial charge in [0.15, 0.2) is 0 Å². The van der Waals surface area contributed by atoms with E-state index in [2.05, 4.69) is 0 Å². The van der Waals surface area contributed by atoms with Gasteiger partial charge in [0, 0.05) is 19.5 Å². The summed E-state index contributed by atoms with van der Waals surface area (Å²) in [6.07, 6.45) is -6.31. The molecule has 0 fully saturated rings. The number of aliphatic hydroxyl groups is 1. The largest absolute Gasteiger partial charge is 0.497 e. The van der Waals surface area contributed by atoms with Crippen molar-refractivity contribution in [2.75, 3.05) is 12.3 Å². The van der Waals surface area contributed by atoms with Gasteiger partial charge in [0.05, 0.1) is 11.3 Å². The molecule has 0 bridgehead atoms. The van der Waals surface area contributed by atoms with Crippen molar-refractivity contribution in [3.8, 4) is 0 Å². The first-order chi connectivity index (χ1) is 15.2. The number of amides is 1. The van der Waals surface area contributed by atoms with Gasteiger partial charge in [0.1, 0.15) is 6.10 Å². The molecule has 5 nitrogen and oxygen atoms in total. The highest BCUT2D eigenvalue weighted by Gasteiger charge is 2.45. The summed E-state index contributed by atoms with van der Waals surface area (Å²) < 4.78 is 98.1. The Kier molecular flexibility index (Phi) is 6.81. The van der Waals surface area contributed by atoms with E-state index in [0.717, 1.165) is 12.1 Å². The zero-order valence-electron chi connectivity index (χ0n) is 16.9. The fraction of sp³-hybridized carbons (Fsp3) is 0.381. The highest BCUT2D eigenvalue weighted by Crippen LogP contribution is 2.34. The van der Waals surface area contributed by atoms with Crippen molar-refractivity contribution in [3.63, 3.8) is 0 Å². The topological polar surface area (TPSA) is 74.7 Å². The summed E-state index contributed by atoms with van der Waals surface area (Å²) in [6.45, 7) is 0.0997. The SMILES string of the molecule is O=C(CCS(=O)(=O)C(F)(F)F)N1CCc2c(cccc2C(O)c2ccc(C(F)(F)F)cc2)C1. The van der Waals surface area contributed by atoms with Crippen molar-refractivity contribution in [1.82, 2.24) is 4.90 Å². The number of carbonyl (C=O) groups excluding carboxylic acids is 1. The third kappa shape index (κ3) is 5.49. The number of benzene rings is 2. The molecule has 0 saturated heterocycles. The quantitative estimate of drug-likeness (QED) is 0.637. The van der Waals surface area contributed by atoms with Crippen LogP contribution in [0.4, 0.5) is 26.3 Å². The number of carbonyl (C=O) groups is 1. The van der Waals surface area contributed by atoms with E-state index >= 15 is 0 Å². The lowest BCUT2D eigenvalue weighted by Gasteiger charge is -2.31. The maximum absolute atomic E-state index is 12.8. The van der Waals surface area contributed by atoms with E-state index in [-0.39, 0.29) is 25.1 Å². The van der Waals surface area contributed by atoms with Crippen molar-refractivity contribution in [3.05, 3.63) is 70.3 Å². The Bertz CT molecular complexity index is 1130. The molecular weight excluding hydrogens is 476 g/mol. The predicted molar refractivity (Wildman–Crippen MR) is 106 cm³/mol. The molecule has 0 aliphatic carbocycles. The number of alkyl halides is 6. The second kappa shape index (κ2) is 8.98. The molecule has 0 saturated carbocycles. The lowest BCUT2D eigenvalue weighted by atomic mass is 9.89. The van der Waals surface area contributed by atoms with Crippen LogP contribution in [0.1, 0.15) is 40.3 Å². The Hall–Kier alpha value is -2.60. The van der Waals surface area contributed by atoms with Crippen LogP contribution < -0.4 is 0 Å². The van der Waals surface area contributed by atoms with Gasteiger partial charge < -0.3 is 10.0 Å². The highest BCUT2D eigenvalue weighted by atomic mass is 32.2. The van der Waals surface area contributed by atoms with Gasteiger partial charge in [0.25, 0.3) is 0 Å². The fourth-order valence-corrected chi connectivity index (χ4v) is 4.31. The minimum Gasteiger partial charge on any atom is -0.384 e. The maximum atomic E-state index is 12.8. The second-order valence-electron chi connectivity index (χ2n) is 7.59. The number of sulfone groups is 1. The minimum absolute atomic E-state index is 0.00774. The Morgan fingerprint density at radius 2 is 1.67 bits per heavy atom. The summed E-state index contributed by atoms with van der Waals surface area (Å²) in [5.41, 5.74) is -4.31. The fourth-order valence-electron chi connectivity index (χ4n) is 3.64. The molecule has 1 atom stereocenters. The van der Waals surface area contributed by atoms with E-state index in [1.165, 1.54) is 17.0 Å². The molecule has 1 unspecified atom stereocenters. The molecule has 180 valence electrons. The molecule has 2 aromatic carbocycles. The van der Waals surface area contributed by atoms with Gasteiger partial charge in [-0.25, -0.2) is 8.42 Å². The van der Waals surface area contributed by atoms with Gasteiger partial charge >= 0.3 is 11.7 Å². The third-order valence-electron chi connectivity index (χ3n) is 5.44.